The van der Waals surface area contributed by atoms with E-state index in [0.29, 0.717) is 10.2 Å². The van der Waals surface area contributed by atoms with Gasteiger partial charge in [-0.2, -0.15) is 4.68 Å². The summed E-state index contributed by atoms with van der Waals surface area (Å²) in [6.07, 6.45) is 0. The van der Waals surface area contributed by atoms with Crippen molar-refractivity contribution in [2.45, 2.75) is 31.2 Å². The fourth-order valence-electron chi connectivity index (χ4n) is 2.31. The second-order valence-electron chi connectivity index (χ2n) is 5.92. The van der Waals surface area contributed by atoms with Crippen LogP contribution in [0.5, 0.6) is 0 Å². The van der Waals surface area contributed by atoms with Crippen molar-refractivity contribution in [3.63, 3.8) is 0 Å². The molecule has 1 aromatic heterocycles. The molecule has 134 valence electrons. The number of nitrogens with zero attached hydrogens (tertiary/aromatic N) is 4. The first-order valence-corrected chi connectivity index (χ1v) is 9.29. The standard InChI is InChI=1S/C18H18ClN5OS/c1-11-4-5-12(2)16(10-11)20-17(25)13(3)26-18-21-22-23-24(18)15-8-6-14(19)7-9-15/h4-10,13H,1-3H3,(H,20,25)/t13-/m0/s1. The van der Waals surface area contributed by atoms with Crippen molar-refractivity contribution in [2.75, 3.05) is 5.32 Å². The number of aromatic nitrogens is 4. The van der Waals surface area contributed by atoms with E-state index < -0.39 is 0 Å². The first-order chi connectivity index (χ1) is 12.4. The second-order valence-corrected chi connectivity index (χ2v) is 7.66. The third-order valence-corrected chi connectivity index (χ3v) is 5.10. The summed E-state index contributed by atoms with van der Waals surface area (Å²) < 4.78 is 1.59. The highest BCUT2D eigenvalue weighted by molar-refractivity contribution is 8.00. The van der Waals surface area contributed by atoms with Crippen LogP contribution in [0, 0.1) is 13.8 Å². The first-order valence-electron chi connectivity index (χ1n) is 8.03. The predicted octanol–water partition coefficient (Wildman–Crippen LogP) is 4.05. The lowest BCUT2D eigenvalue weighted by Gasteiger charge is -2.13. The molecule has 0 saturated heterocycles. The number of carbonyl (C=O) groups excluding carboxylic acids is 1. The van der Waals surface area contributed by atoms with Crippen LogP contribution in [-0.2, 0) is 4.79 Å². The average molecular weight is 388 g/mol. The molecule has 0 saturated carbocycles. The molecule has 26 heavy (non-hydrogen) atoms. The van der Waals surface area contributed by atoms with Crippen LogP contribution in [0.15, 0.2) is 47.6 Å². The van der Waals surface area contributed by atoms with E-state index in [2.05, 4.69) is 20.8 Å². The molecule has 0 spiro atoms. The van der Waals surface area contributed by atoms with E-state index in [1.54, 1.807) is 16.8 Å². The van der Waals surface area contributed by atoms with Gasteiger partial charge in [0, 0.05) is 10.7 Å². The quantitative estimate of drug-likeness (QED) is 0.668. The molecule has 0 bridgehead atoms. The lowest BCUT2D eigenvalue weighted by Crippen LogP contribution is -2.23. The zero-order valence-electron chi connectivity index (χ0n) is 14.6. The van der Waals surface area contributed by atoms with Gasteiger partial charge in [-0.1, -0.05) is 35.5 Å². The molecule has 1 amide bonds. The molecule has 6 nitrogen and oxygen atoms in total. The van der Waals surface area contributed by atoms with Crippen LogP contribution in [0.1, 0.15) is 18.1 Å². The molecule has 3 aromatic rings. The smallest absolute Gasteiger partial charge is 0.237 e. The molecule has 1 N–H and O–H groups in total. The molecule has 0 fully saturated rings. The van der Waals surface area contributed by atoms with E-state index in [1.165, 1.54) is 11.8 Å². The van der Waals surface area contributed by atoms with E-state index in [4.69, 9.17) is 11.6 Å². The largest absolute Gasteiger partial charge is 0.325 e. The Labute approximate surface area is 160 Å². The Morgan fingerprint density at radius 3 is 2.65 bits per heavy atom. The minimum Gasteiger partial charge on any atom is -0.325 e. The van der Waals surface area contributed by atoms with Gasteiger partial charge in [0.15, 0.2) is 0 Å². The highest BCUT2D eigenvalue weighted by Crippen LogP contribution is 2.25. The molecule has 8 heteroatoms. The van der Waals surface area contributed by atoms with E-state index in [1.807, 2.05) is 51.1 Å². The summed E-state index contributed by atoms with van der Waals surface area (Å²) in [5.74, 6) is -0.102. The Bertz CT molecular complexity index is 926. The van der Waals surface area contributed by atoms with Crippen LogP contribution in [0.25, 0.3) is 5.69 Å². The van der Waals surface area contributed by atoms with Crippen LogP contribution in [0.4, 0.5) is 5.69 Å². The van der Waals surface area contributed by atoms with Crippen molar-refractivity contribution in [2.24, 2.45) is 0 Å². The summed E-state index contributed by atoms with van der Waals surface area (Å²) in [6.45, 7) is 5.79. The van der Waals surface area contributed by atoms with E-state index in [0.717, 1.165) is 22.5 Å². The Morgan fingerprint density at radius 1 is 1.19 bits per heavy atom. The van der Waals surface area contributed by atoms with Gasteiger partial charge in [-0.15, -0.1) is 5.10 Å². The number of carbonyl (C=O) groups is 1. The molecule has 0 unspecified atom stereocenters. The van der Waals surface area contributed by atoms with Gasteiger partial charge in [0.2, 0.25) is 11.1 Å². The minimum absolute atomic E-state index is 0.102. The normalized spacial score (nSPS) is 12.0. The summed E-state index contributed by atoms with van der Waals surface area (Å²) in [6, 6.07) is 13.1. The maximum atomic E-state index is 12.6. The van der Waals surface area contributed by atoms with E-state index in [9.17, 15) is 4.79 Å². The molecule has 2 aromatic carbocycles. The van der Waals surface area contributed by atoms with Gasteiger partial charge in [0.1, 0.15) is 0 Å². The Morgan fingerprint density at radius 2 is 1.92 bits per heavy atom. The molecule has 0 aliphatic heterocycles. The molecule has 0 radical (unpaired) electrons. The third kappa shape index (κ3) is 4.23. The number of amides is 1. The van der Waals surface area contributed by atoms with Gasteiger partial charge in [0.25, 0.3) is 0 Å². The first kappa shape index (κ1) is 18.4. The number of hydrogen-bond acceptors (Lipinski definition) is 5. The van der Waals surface area contributed by atoms with Crippen LogP contribution < -0.4 is 5.32 Å². The highest BCUT2D eigenvalue weighted by Gasteiger charge is 2.20. The Kier molecular flexibility index (Phi) is 5.58. The van der Waals surface area contributed by atoms with E-state index in [-0.39, 0.29) is 11.2 Å². The van der Waals surface area contributed by atoms with Crippen molar-refractivity contribution in [1.29, 1.82) is 0 Å². The number of aryl methyl sites for hydroxylation is 2. The number of anilines is 1. The fraction of sp³-hybridized carbons (Fsp3) is 0.222. The predicted molar refractivity (Wildman–Crippen MR) is 104 cm³/mol. The number of halogens is 1. The summed E-state index contributed by atoms with van der Waals surface area (Å²) in [5, 5.41) is 15.5. The van der Waals surface area contributed by atoms with Gasteiger partial charge in [-0.3, -0.25) is 4.79 Å². The van der Waals surface area contributed by atoms with Gasteiger partial charge >= 0.3 is 0 Å². The zero-order chi connectivity index (χ0) is 18.7. The lowest BCUT2D eigenvalue weighted by atomic mass is 10.1. The van der Waals surface area contributed by atoms with Crippen LogP contribution in [0.2, 0.25) is 5.02 Å². The maximum Gasteiger partial charge on any atom is 0.237 e. The van der Waals surface area contributed by atoms with E-state index >= 15 is 0 Å². The lowest BCUT2D eigenvalue weighted by molar-refractivity contribution is -0.115. The van der Waals surface area contributed by atoms with Crippen LogP contribution >= 0.6 is 23.4 Å². The van der Waals surface area contributed by atoms with Crippen molar-refractivity contribution >= 4 is 35.0 Å². The number of rotatable bonds is 5. The summed E-state index contributed by atoms with van der Waals surface area (Å²) in [5.41, 5.74) is 3.72. The SMILES string of the molecule is Cc1ccc(C)c(NC(=O)[C@H](C)Sc2nnnn2-c2ccc(Cl)cc2)c1. The summed E-state index contributed by atoms with van der Waals surface area (Å²) in [4.78, 5) is 12.6. The number of thioether (sulfide) groups is 1. The number of hydrogen-bond donors (Lipinski definition) is 1. The van der Waals surface area contributed by atoms with Crippen LogP contribution in [0.3, 0.4) is 0 Å². The number of nitrogens with one attached hydrogen (secondary N) is 1. The number of benzene rings is 2. The zero-order valence-corrected chi connectivity index (χ0v) is 16.2. The Hall–Kier alpha value is -2.38. The molecular weight excluding hydrogens is 370 g/mol. The summed E-state index contributed by atoms with van der Waals surface area (Å²) in [7, 11) is 0. The van der Waals surface area contributed by atoms with Gasteiger partial charge in [-0.25, -0.2) is 0 Å². The molecular formula is C18H18ClN5OS. The van der Waals surface area contributed by atoms with Crippen LogP contribution in [-0.4, -0.2) is 31.4 Å². The topological polar surface area (TPSA) is 72.7 Å². The maximum absolute atomic E-state index is 12.6. The molecule has 0 aliphatic carbocycles. The fourth-order valence-corrected chi connectivity index (χ4v) is 3.25. The number of tetrazole rings is 1. The molecule has 3 rings (SSSR count). The summed E-state index contributed by atoms with van der Waals surface area (Å²) >= 11 is 7.22. The van der Waals surface area contributed by atoms with Crippen molar-refractivity contribution < 1.29 is 4.79 Å². The molecule has 0 aliphatic rings. The Balaban J connectivity index is 1.73. The van der Waals surface area contributed by atoms with Gasteiger partial charge in [-0.05, 0) is 72.7 Å². The second kappa shape index (κ2) is 7.88. The van der Waals surface area contributed by atoms with Crippen molar-refractivity contribution in [1.82, 2.24) is 20.2 Å². The molecule has 1 heterocycles. The molecule has 1 atom stereocenters. The average Bonchev–Trinajstić information content (AvgIpc) is 3.07. The van der Waals surface area contributed by atoms with Crippen molar-refractivity contribution in [3.8, 4) is 5.69 Å². The van der Waals surface area contributed by atoms with Gasteiger partial charge < -0.3 is 5.32 Å². The van der Waals surface area contributed by atoms with Gasteiger partial charge in [0.05, 0.1) is 10.9 Å². The minimum atomic E-state index is -0.369. The highest BCUT2D eigenvalue weighted by atomic mass is 35.5. The monoisotopic (exact) mass is 387 g/mol. The van der Waals surface area contributed by atoms with Crippen molar-refractivity contribution in [3.05, 3.63) is 58.6 Å². The third-order valence-electron chi connectivity index (χ3n) is 3.81.